The Morgan fingerprint density at radius 2 is 1.96 bits per heavy atom. The third kappa shape index (κ3) is 4.37. The van der Waals surface area contributed by atoms with Gasteiger partial charge in [0.25, 0.3) is 0 Å². The SMILES string of the molecule is CCc1ccc(C2CNCCN2C(=O)CC2CCCNCC2)cc1. The molecule has 2 heterocycles. The number of aryl methyl sites for hydroxylation is 1. The second-order valence-corrected chi connectivity index (χ2v) is 7.15. The van der Waals surface area contributed by atoms with Crippen LogP contribution in [0.3, 0.4) is 0 Å². The minimum absolute atomic E-state index is 0.182. The van der Waals surface area contributed by atoms with Crippen molar-refractivity contribution >= 4 is 5.91 Å². The Kier molecular flexibility index (Phi) is 6.27. The zero-order valence-corrected chi connectivity index (χ0v) is 14.9. The first kappa shape index (κ1) is 17.4. The van der Waals surface area contributed by atoms with Crippen molar-refractivity contribution in [2.45, 2.75) is 45.1 Å². The molecule has 0 aliphatic carbocycles. The normalized spacial score (nSPS) is 25.3. The lowest BCUT2D eigenvalue weighted by Crippen LogP contribution is -2.49. The Bertz CT molecular complexity index is 520. The van der Waals surface area contributed by atoms with Gasteiger partial charge in [0.1, 0.15) is 0 Å². The molecule has 0 radical (unpaired) electrons. The molecular weight excluding hydrogens is 298 g/mol. The number of hydrogen-bond acceptors (Lipinski definition) is 3. The fourth-order valence-corrected chi connectivity index (χ4v) is 3.94. The molecule has 132 valence electrons. The minimum Gasteiger partial charge on any atom is -0.333 e. The Morgan fingerprint density at radius 3 is 2.75 bits per heavy atom. The lowest BCUT2D eigenvalue weighted by atomic mass is 9.94. The first-order chi connectivity index (χ1) is 11.8. The molecule has 2 aliphatic rings. The molecular formula is C20H31N3O. The van der Waals surface area contributed by atoms with Crippen LogP contribution in [-0.4, -0.2) is 43.5 Å². The molecule has 1 aromatic rings. The van der Waals surface area contributed by atoms with E-state index in [9.17, 15) is 4.79 Å². The van der Waals surface area contributed by atoms with Gasteiger partial charge in [-0.2, -0.15) is 0 Å². The van der Waals surface area contributed by atoms with E-state index in [0.29, 0.717) is 18.2 Å². The van der Waals surface area contributed by atoms with Gasteiger partial charge >= 0.3 is 0 Å². The topological polar surface area (TPSA) is 44.4 Å². The lowest BCUT2D eigenvalue weighted by Gasteiger charge is -2.37. The van der Waals surface area contributed by atoms with Crippen LogP contribution in [0.15, 0.2) is 24.3 Å². The summed E-state index contributed by atoms with van der Waals surface area (Å²) in [6.07, 6.45) is 5.28. The highest BCUT2D eigenvalue weighted by atomic mass is 16.2. The van der Waals surface area contributed by atoms with Crippen molar-refractivity contribution in [2.75, 3.05) is 32.7 Å². The van der Waals surface area contributed by atoms with Gasteiger partial charge < -0.3 is 15.5 Å². The molecule has 4 nitrogen and oxygen atoms in total. The highest BCUT2D eigenvalue weighted by Gasteiger charge is 2.29. The third-order valence-electron chi connectivity index (χ3n) is 5.50. The van der Waals surface area contributed by atoms with Crippen LogP contribution in [0, 0.1) is 5.92 Å². The first-order valence-electron chi connectivity index (χ1n) is 9.57. The van der Waals surface area contributed by atoms with E-state index in [1.165, 1.54) is 24.0 Å². The molecule has 2 unspecified atom stereocenters. The summed E-state index contributed by atoms with van der Waals surface area (Å²) in [5.74, 6) is 0.887. The molecule has 2 N–H and O–H groups in total. The summed E-state index contributed by atoms with van der Waals surface area (Å²) in [6.45, 7) is 6.93. The molecule has 1 aromatic carbocycles. The van der Waals surface area contributed by atoms with Gasteiger partial charge in [0.05, 0.1) is 6.04 Å². The van der Waals surface area contributed by atoms with Crippen molar-refractivity contribution in [1.82, 2.24) is 15.5 Å². The van der Waals surface area contributed by atoms with E-state index in [-0.39, 0.29) is 6.04 Å². The molecule has 0 spiro atoms. The van der Waals surface area contributed by atoms with Crippen molar-refractivity contribution in [3.05, 3.63) is 35.4 Å². The van der Waals surface area contributed by atoms with Crippen molar-refractivity contribution in [3.8, 4) is 0 Å². The first-order valence-corrected chi connectivity index (χ1v) is 9.57. The van der Waals surface area contributed by atoms with Crippen molar-refractivity contribution < 1.29 is 4.79 Å². The summed E-state index contributed by atoms with van der Waals surface area (Å²) in [6, 6.07) is 8.98. The van der Waals surface area contributed by atoms with Crippen LogP contribution in [0.4, 0.5) is 0 Å². The number of benzene rings is 1. The molecule has 24 heavy (non-hydrogen) atoms. The fourth-order valence-electron chi connectivity index (χ4n) is 3.94. The van der Waals surface area contributed by atoms with E-state index >= 15 is 0 Å². The van der Waals surface area contributed by atoms with Crippen LogP contribution in [-0.2, 0) is 11.2 Å². The van der Waals surface area contributed by atoms with Crippen LogP contribution in [0.25, 0.3) is 0 Å². The fraction of sp³-hybridized carbons (Fsp3) is 0.650. The zero-order valence-electron chi connectivity index (χ0n) is 14.9. The summed E-state index contributed by atoms with van der Waals surface area (Å²) < 4.78 is 0. The van der Waals surface area contributed by atoms with E-state index in [1.54, 1.807) is 0 Å². The summed E-state index contributed by atoms with van der Waals surface area (Å²) in [4.78, 5) is 15.1. The van der Waals surface area contributed by atoms with Gasteiger partial charge in [-0.1, -0.05) is 31.2 Å². The van der Waals surface area contributed by atoms with Crippen LogP contribution in [0.2, 0.25) is 0 Å². The highest BCUT2D eigenvalue weighted by molar-refractivity contribution is 5.77. The van der Waals surface area contributed by atoms with Crippen molar-refractivity contribution in [2.24, 2.45) is 5.92 Å². The smallest absolute Gasteiger partial charge is 0.223 e. The summed E-state index contributed by atoms with van der Waals surface area (Å²) >= 11 is 0. The number of carbonyl (C=O) groups excluding carboxylic acids is 1. The van der Waals surface area contributed by atoms with Gasteiger partial charge in [-0.25, -0.2) is 0 Å². The predicted octanol–water partition coefficient (Wildman–Crippen LogP) is 2.50. The van der Waals surface area contributed by atoms with Gasteiger partial charge in [-0.3, -0.25) is 4.79 Å². The maximum atomic E-state index is 13.0. The standard InChI is InChI=1S/C20H31N3O/c1-2-16-5-7-18(8-6-16)19-15-22-12-13-23(19)20(24)14-17-4-3-10-21-11-9-17/h5-8,17,19,21-22H,2-4,9-15H2,1H3. The maximum absolute atomic E-state index is 13.0. The minimum atomic E-state index is 0.182. The Hall–Kier alpha value is -1.39. The van der Waals surface area contributed by atoms with Gasteiger partial charge in [-0.15, -0.1) is 0 Å². The molecule has 1 amide bonds. The number of nitrogens with one attached hydrogen (secondary N) is 2. The second kappa shape index (κ2) is 8.63. The maximum Gasteiger partial charge on any atom is 0.223 e. The summed E-state index contributed by atoms with van der Waals surface area (Å²) in [5.41, 5.74) is 2.61. The number of piperazine rings is 1. The number of carbonyl (C=O) groups is 1. The Labute approximate surface area is 146 Å². The van der Waals surface area contributed by atoms with Crippen LogP contribution in [0.5, 0.6) is 0 Å². The van der Waals surface area contributed by atoms with Crippen molar-refractivity contribution in [1.29, 1.82) is 0 Å². The third-order valence-corrected chi connectivity index (χ3v) is 5.50. The predicted molar refractivity (Wildman–Crippen MR) is 98.0 cm³/mol. The van der Waals surface area contributed by atoms with Crippen molar-refractivity contribution in [3.63, 3.8) is 0 Å². The Balaban J connectivity index is 1.67. The van der Waals surface area contributed by atoms with Gasteiger partial charge in [0, 0.05) is 26.1 Å². The lowest BCUT2D eigenvalue weighted by molar-refractivity contribution is -0.135. The zero-order chi connectivity index (χ0) is 16.8. The van der Waals surface area contributed by atoms with E-state index < -0.39 is 0 Å². The van der Waals surface area contributed by atoms with E-state index in [4.69, 9.17) is 0 Å². The molecule has 0 bridgehead atoms. The monoisotopic (exact) mass is 329 g/mol. The number of rotatable bonds is 4. The second-order valence-electron chi connectivity index (χ2n) is 7.15. The molecule has 0 saturated carbocycles. The molecule has 3 rings (SSSR count). The largest absolute Gasteiger partial charge is 0.333 e. The van der Waals surface area contributed by atoms with Gasteiger partial charge in [0.15, 0.2) is 0 Å². The molecule has 2 fully saturated rings. The molecule has 2 aliphatic heterocycles. The number of amides is 1. The number of nitrogens with zero attached hydrogens (tertiary/aromatic N) is 1. The van der Waals surface area contributed by atoms with E-state index in [2.05, 4.69) is 46.7 Å². The average Bonchev–Trinajstić information content (AvgIpc) is 2.90. The van der Waals surface area contributed by atoms with E-state index in [0.717, 1.165) is 45.6 Å². The molecule has 4 heteroatoms. The molecule has 2 atom stereocenters. The Morgan fingerprint density at radius 1 is 1.12 bits per heavy atom. The van der Waals surface area contributed by atoms with Crippen LogP contribution < -0.4 is 10.6 Å². The molecule has 2 saturated heterocycles. The van der Waals surface area contributed by atoms with E-state index in [1.807, 2.05) is 0 Å². The summed E-state index contributed by atoms with van der Waals surface area (Å²) in [5, 5.41) is 6.90. The highest BCUT2D eigenvalue weighted by Crippen LogP contribution is 2.26. The average molecular weight is 329 g/mol. The number of hydrogen-bond donors (Lipinski definition) is 2. The molecule has 0 aromatic heterocycles. The van der Waals surface area contributed by atoms with Crippen LogP contribution in [0.1, 0.15) is 49.8 Å². The van der Waals surface area contributed by atoms with Gasteiger partial charge in [-0.05, 0) is 55.8 Å². The summed E-state index contributed by atoms with van der Waals surface area (Å²) in [7, 11) is 0. The van der Waals surface area contributed by atoms with Gasteiger partial charge in [0.2, 0.25) is 5.91 Å². The quantitative estimate of drug-likeness (QED) is 0.892. The van der Waals surface area contributed by atoms with Crippen LogP contribution >= 0.6 is 0 Å².